The second-order valence-electron chi connectivity index (χ2n) is 4.16. The molecule has 0 unspecified atom stereocenters. The van der Waals surface area contributed by atoms with Gasteiger partial charge in [-0.05, 0) is 29.9 Å². The van der Waals surface area contributed by atoms with Crippen molar-refractivity contribution in [2.75, 3.05) is 0 Å². The van der Waals surface area contributed by atoms with Gasteiger partial charge in [0.05, 0.1) is 17.7 Å². The van der Waals surface area contributed by atoms with Crippen molar-refractivity contribution in [2.24, 2.45) is 0 Å². The molecule has 0 amide bonds. The zero-order valence-corrected chi connectivity index (χ0v) is 11.7. The van der Waals surface area contributed by atoms with Crippen LogP contribution in [-0.2, 0) is 13.1 Å². The molecule has 0 atom stereocenters. The lowest BCUT2D eigenvalue weighted by atomic mass is 10.2. The molecular formula is C13H12N3O4S-. The Kier molecular flexibility index (Phi) is 4.72. The summed E-state index contributed by atoms with van der Waals surface area (Å²) in [4.78, 5) is 10.1. The first-order valence-corrected chi connectivity index (χ1v) is 6.45. The van der Waals surface area contributed by atoms with Crippen LogP contribution in [0.1, 0.15) is 11.3 Å². The van der Waals surface area contributed by atoms with Crippen LogP contribution in [0.5, 0.6) is 5.75 Å². The van der Waals surface area contributed by atoms with Crippen LogP contribution in [0, 0.1) is 10.1 Å². The Hall–Kier alpha value is -2.61. The van der Waals surface area contributed by atoms with E-state index in [0.29, 0.717) is 11.7 Å². The fourth-order valence-corrected chi connectivity index (χ4v) is 1.78. The first-order chi connectivity index (χ1) is 10.1. The molecule has 0 spiro atoms. The number of non-ortho nitro benzene ring substituents is 1. The molecule has 1 aromatic heterocycles. The molecule has 2 rings (SSSR count). The van der Waals surface area contributed by atoms with E-state index in [-0.39, 0.29) is 23.5 Å². The minimum absolute atomic E-state index is 0.116. The first-order valence-electron chi connectivity index (χ1n) is 6.04. The summed E-state index contributed by atoms with van der Waals surface area (Å²) in [5.74, 6) is 0.445. The lowest BCUT2D eigenvalue weighted by Crippen LogP contribution is -2.34. The minimum Gasteiger partial charge on any atom is -0.872 e. The molecule has 0 saturated carbocycles. The number of nitro groups is 1. The van der Waals surface area contributed by atoms with Crippen molar-refractivity contribution in [2.45, 2.75) is 13.1 Å². The fraction of sp³-hybridized carbons (Fsp3) is 0.154. The summed E-state index contributed by atoms with van der Waals surface area (Å²) in [7, 11) is 0. The number of furan rings is 1. The van der Waals surface area contributed by atoms with E-state index in [4.69, 9.17) is 16.6 Å². The average Bonchev–Trinajstić information content (AvgIpc) is 2.97. The lowest BCUT2D eigenvalue weighted by Gasteiger charge is -2.15. The standard InChI is InChI=1S/C13H13N3O4S/c17-12-4-3-10(16(18)19)6-9(12)7-14-13(21)15-8-11-2-1-5-20-11/h1-6,17H,7-8H2,(H2,14,15,21)/p-1. The van der Waals surface area contributed by atoms with E-state index in [0.717, 1.165) is 5.76 Å². The average molecular weight is 306 g/mol. The smallest absolute Gasteiger partial charge is 0.269 e. The van der Waals surface area contributed by atoms with E-state index in [2.05, 4.69) is 10.6 Å². The van der Waals surface area contributed by atoms with Crippen molar-refractivity contribution in [3.8, 4) is 5.75 Å². The fourth-order valence-electron chi connectivity index (χ4n) is 1.64. The van der Waals surface area contributed by atoms with Gasteiger partial charge in [0.1, 0.15) is 5.76 Å². The second-order valence-corrected chi connectivity index (χ2v) is 4.57. The van der Waals surface area contributed by atoms with Gasteiger partial charge in [-0.25, -0.2) is 0 Å². The molecule has 1 aromatic carbocycles. The maximum atomic E-state index is 11.6. The predicted octanol–water partition coefficient (Wildman–Crippen LogP) is 1.43. The van der Waals surface area contributed by atoms with Gasteiger partial charge in [-0.3, -0.25) is 10.1 Å². The number of nitrogens with one attached hydrogen (secondary N) is 2. The Labute approximate surface area is 125 Å². The number of nitrogens with zero attached hydrogens (tertiary/aromatic N) is 1. The van der Waals surface area contributed by atoms with Gasteiger partial charge >= 0.3 is 0 Å². The predicted molar refractivity (Wildman–Crippen MR) is 77.5 cm³/mol. The van der Waals surface area contributed by atoms with Crippen molar-refractivity contribution in [1.29, 1.82) is 0 Å². The number of benzene rings is 1. The van der Waals surface area contributed by atoms with Crippen LogP contribution < -0.4 is 15.7 Å². The molecule has 110 valence electrons. The maximum Gasteiger partial charge on any atom is 0.269 e. The van der Waals surface area contributed by atoms with Gasteiger partial charge < -0.3 is 20.2 Å². The summed E-state index contributed by atoms with van der Waals surface area (Å²) < 4.78 is 5.13. The molecule has 0 aliphatic rings. The largest absolute Gasteiger partial charge is 0.872 e. The Morgan fingerprint density at radius 1 is 1.29 bits per heavy atom. The summed E-state index contributed by atoms with van der Waals surface area (Å²) in [5.41, 5.74) is 0.159. The maximum absolute atomic E-state index is 11.6. The third kappa shape index (κ3) is 4.18. The molecule has 21 heavy (non-hydrogen) atoms. The zero-order chi connectivity index (χ0) is 15.2. The van der Waals surface area contributed by atoms with Crippen molar-refractivity contribution in [3.63, 3.8) is 0 Å². The van der Waals surface area contributed by atoms with Crippen LogP contribution in [0.4, 0.5) is 5.69 Å². The van der Waals surface area contributed by atoms with E-state index in [1.165, 1.54) is 18.2 Å². The highest BCUT2D eigenvalue weighted by molar-refractivity contribution is 7.80. The molecule has 0 saturated heterocycles. The molecule has 1 heterocycles. The minimum atomic E-state index is -0.545. The summed E-state index contributed by atoms with van der Waals surface area (Å²) in [5, 5.41) is 28.3. The molecule has 0 radical (unpaired) electrons. The molecule has 2 N–H and O–H groups in total. The monoisotopic (exact) mass is 306 g/mol. The quantitative estimate of drug-likeness (QED) is 0.489. The van der Waals surface area contributed by atoms with Crippen molar-refractivity contribution in [1.82, 2.24) is 10.6 Å². The number of rotatable bonds is 5. The molecule has 0 bridgehead atoms. The second kappa shape index (κ2) is 6.71. The van der Waals surface area contributed by atoms with Crippen LogP contribution in [-0.4, -0.2) is 10.0 Å². The molecule has 0 aliphatic heterocycles. The highest BCUT2D eigenvalue weighted by Crippen LogP contribution is 2.20. The molecule has 0 fully saturated rings. The summed E-state index contributed by atoms with van der Waals surface area (Å²) in [6, 6.07) is 7.16. The van der Waals surface area contributed by atoms with Gasteiger partial charge in [0, 0.05) is 18.7 Å². The highest BCUT2D eigenvalue weighted by Gasteiger charge is 2.07. The Balaban J connectivity index is 1.88. The number of nitro benzene ring substituents is 1. The Morgan fingerprint density at radius 2 is 2.05 bits per heavy atom. The van der Waals surface area contributed by atoms with Gasteiger partial charge in [0.15, 0.2) is 5.11 Å². The van der Waals surface area contributed by atoms with Crippen LogP contribution in [0.2, 0.25) is 0 Å². The van der Waals surface area contributed by atoms with E-state index >= 15 is 0 Å². The van der Waals surface area contributed by atoms with E-state index in [1.807, 2.05) is 0 Å². The molecule has 7 nitrogen and oxygen atoms in total. The summed E-state index contributed by atoms with van der Waals surface area (Å²) >= 11 is 5.05. The number of hydrogen-bond donors (Lipinski definition) is 2. The van der Waals surface area contributed by atoms with Gasteiger partial charge in [-0.1, -0.05) is 6.07 Å². The third-order valence-electron chi connectivity index (χ3n) is 2.70. The van der Waals surface area contributed by atoms with Gasteiger partial charge in [0.25, 0.3) is 5.69 Å². The number of hydrogen-bond acceptors (Lipinski definition) is 5. The van der Waals surface area contributed by atoms with Crippen molar-refractivity contribution < 1.29 is 14.4 Å². The Bertz CT molecular complexity index is 643. The molecule has 8 heteroatoms. The molecular weight excluding hydrogens is 294 g/mol. The summed E-state index contributed by atoms with van der Waals surface area (Å²) in [6.45, 7) is 0.530. The SMILES string of the molecule is O=[N+]([O-])c1ccc([O-])c(CNC(=S)NCc2ccco2)c1. The van der Waals surface area contributed by atoms with Crippen molar-refractivity contribution >= 4 is 23.0 Å². The van der Waals surface area contributed by atoms with Gasteiger partial charge in [-0.2, -0.15) is 0 Å². The molecule has 2 aromatic rings. The van der Waals surface area contributed by atoms with Crippen LogP contribution in [0.25, 0.3) is 0 Å². The summed E-state index contributed by atoms with van der Waals surface area (Å²) in [6.07, 6.45) is 1.56. The van der Waals surface area contributed by atoms with E-state index < -0.39 is 4.92 Å². The zero-order valence-electron chi connectivity index (χ0n) is 10.9. The van der Waals surface area contributed by atoms with Gasteiger partial charge in [0.2, 0.25) is 0 Å². The number of thiocarbonyl (C=S) groups is 1. The lowest BCUT2D eigenvalue weighted by molar-refractivity contribution is -0.385. The normalized spacial score (nSPS) is 10.1. The van der Waals surface area contributed by atoms with E-state index in [9.17, 15) is 15.2 Å². The van der Waals surface area contributed by atoms with Crippen LogP contribution >= 0.6 is 12.2 Å². The topological polar surface area (TPSA) is 103 Å². The molecule has 0 aliphatic carbocycles. The first kappa shape index (κ1) is 14.8. The van der Waals surface area contributed by atoms with Crippen LogP contribution in [0.15, 0.2) is 41.0 Å². The van der Waals surface area contributed by atoms with Crippen LogP contribution in [0.3, 0.4) is 0 Å². The van der Waals surface area contributed by atoms with E-state index in [1.54, 1.807) is 18.4 Å². The van der Waals surface area contributed by atoms with Gasteiger partial charge in [-0.15, -0.1) is 5.75 Å². The Morgan fingerprint density at radius 3 is 2.71 bits per heavy atom. The third-order valence-corrected chi connectivity index (χ3v) is 2.99. The van der Waals surface area contributed by atoms with Crippen molar-refractivity contribution in [3.05, 3.63) is 58.0 Å². The highest BCUT2D eigenvalue weighted by atomic mass is 32.1.